The van der Waals surface area contributed by atoms with Gasteiger partial charge in [-0.2, -0.15) is 5.26 Å². The van der Waals surface area contributed by atoms with Gasteiger partial charge in [0.05, 0.1) is 28.3 Å². The zero-order valence-electron chi connectivity index (χ0n) is 17.7. The van der Waals surface area contributed by atoms with Gasteiger partial charge in [-0.15, -0.1) is 0 Å². The number of allylic oxidation sites excluding steroid dienone is 3. The highest BCUT2D eigenvalue weighted by Gasteiger charge is 2.33. The van der Waals surface area contributed by atoms with Gasteiger partial charge in [-0.25, -0.2) is 0 Å². The maximum Gasteiger partial charge on any atom is 0.173 e. The highest BCUT2D eigenvalue weighted by Crippen LogP contribution is 2.41. The second-order valence-corrected chi connectivity index (χ2v) is 8.75. The Morgan fingerprint density at radius 3 is 2.48 bits per heavy atom. The Labute approximate surface area is 192 Å². The number of carbonyl (C=O) groups is 2. The fraction of sp³-hybridized carbons (Fsp3) is 0.240. The molecule has 2 aromatic rings. The summed E-state index contributed by atoms with van der Waals surface area (Å²) in [6, 6.07) is 17.1. The first-order valence-electron chi connectivity index (χ1n) is 9.99. The maximum atomic E-state index is 12.6. The van der Waals surface area contributed by atoms with Crippen LogP contribution in [0.1, 0.15) is 48.2 Å². The first kappa shape index (κ1) is 22.9. The van der Waals surface area contributed by atoms with Gasteiger partial charge in [0.1, 0.15) is 0 Å². The molecule has 1 atom stereocenters. The van der Waals surface area contributed by atoms with Gasteiger partial charge in [-0.1, -0.05) is 66.7 Å². The van der Waals surface area contributed by atoms with Gasteiger partial charge in [-0.3, -0.25) is 9.59 Å². The lowest BCUT2D eigenvalue weighted by Gasteiger charge is -2.29. The monoisotopic (exact) mass is 450 g/mol. The van der Waals surface area contributed by atoms with Gasteiger partial charge in [0.15, 0.2) is 11.6 Å². The molecule has 6 heteroatoms. The molecule has 0 saturated heterocycles. The topological polar surface area (TPSA) is 70.0 Å². The summed E-state index contributed by atoms with van der Waals surface area (Å²) in [5.74, 6) is -0.473. The van der Waals surface area contributed by atoms with E-state index in [9.17, 15) is 14.9 Å². The molecular weight excluding hydrogens is 428 g/mol. The molecule has 1 aliphatic rings. The van der Waals surface area contributed by atoms with Crippen LogP contribution in [0, 0.1) is 11.3 Å². The Balaban J connectivity index is 1.95. The summed E-state index contributed by atoms with van der Waals surface area (Å²) in [6.07, 6.45) is 0.911. The van der Waals surface area contributed by atoms with Crippen molar-refractivity contribution in [2.45, 2.75) is 33.1 Å². The summed E-state index contributed by atoms with van der Waals surface area (Å²) in [7, 11) is 0. The minimum atomic E-state index is -0.460. The summed E-state index contributed by atoms with van der Waals surface area (Å²) in [5, 5.41) is 14.3. The second-order valence-electron chi connectivity index (χ2n) is 7.32. The van der Waals surface area contributed by atoms with Crippen molar-refractivity contribution in [3.8, 4) is 6.07 Å². The van der Waals surface area contributed by atoms with Crippen molar-refractivity contribution < 1.29 is 9.59 Å². The largest absolute Gasteiger partial charge is 0.353 e. The fourth-order valence-electron chi connectivity index (χ4n) is 3.66. The number of carbonyl (C=O) groups excluding carboxylic acids is 2. The smallest absolute Gasteiger partial charge is 0.173 e. The number of aryl methyl sites for hydroxylation is 1. The molecule has 158 valence electrons. The van der Waals surface area contributed by atoms with E-state index in [1.54, 1.807) is 24.3 Å². The third-order valence-corrected chi connectivity index (χ3v) is 6.49. The minimum absolute atomic E-state index is 0.0815. The molecule has 0 aromatic heterocycles. The highest BCUT2D eigenvalue weighted by molar-refractivity contribution is 8.03. The van der Waals surface area contributed by atoms with Crippen LogP contribution < -0.4 is 5.32 Å². The number of halogens is 1. The van der Waals surface area contributed by atoms with Crippen molar-refractivity contribution in [2.24, 2.45) is 0 Å². The van der Waals surface area contributed by atoms with Gasteiger partial charge in [0, 0.05) is 21.9 Å². The fourth-order valence-corrected chi connectivity index (χ4v) is 4.83. The van der Waals surface area contributed by atoms with Crippen LogP contribution in [-0.2, 0) is 11.2 Å². The van der Waals surface area contributed by atoms with Gasteiger partial charge in [-0.05, 0) is 43.5 Å². The summed E-state index contributed by atoms with van der Waals surface area (Å²) in [5.41, 5.74) is 4.33. The van der Waals surface area contributed by atoms with E-state index in [4.69, 9.17) is 11.6 Å². The predicted molar refractivity (Wildman–Crippen MR) is 126 cm³/mol. The second kappa shape index (κ2) is 10.00. The quantitative estimate of drug-likeness (QED) is 0.539. The molecule has 4 nitrogen and oxygen atoms in total. The molecular formula is C25H23ClN2O2S. The summed E-state index contributed by atoms with van der Waals surface area (Å²) < 4.78 is 0. The van der Waals surface area contributed by atoms with Crippen LogP contribution in [-0.4, -0.2) is 17.3 Å². The Morgan fingerprint density at radius 1 is 1.19 bits per heavy atom. The standard InChI is InChI=1S/C25H23ClN2O2S/c1-4-17-8-10-18(11-9-17)24-21(13-27)25(28-15(2)23(24)16(3)29)31-14-22(30)19-6-5-7-20(26)12-19/h5-12,24,28H,4,14H2,1-3H3. The molecule has 0 radical (unpaired) electrons. The normalized spacial score (nSPS) is 16.0. The third-order valence-electron chi connectivity index (χ3n) is 5.24. The van der Waals surface area contributed by atoms with Crippen molar-refractivity contribution in [2.75, 3.05) is 5.75 Å². The molecule has 1 unspecified atom stereocenters. The Hall–Kier alpha value is -2.81. The number of ketones is 2. The molecule has 0 saturated carbocycles. The molecule has 3 rings (SSSR count). The minimum Gasteiger partial charge on any atom is -0.353 e. The van der Waals surface area contributed by atoms with Crippen LogP contribution >= 0.6 is 23.4 Å². The SMILES string of the molecule is CCc1ccc(C2C(C#N)=C(SCC(=O)c3cccc(Cl)c3)NC(C)=C2C(C)=O)cc1. The lowest BCUT2D eigenvalue weighted by Crippen LogP contribution is -2.27. The lowest BCUT2D eigenvalue weighted by molar-refractivity contribution is -0.113. The van der Waals surface area contributed by atoms with Crippen LogP contribution in [0.15, 0.2) is 70.4 Å². The number of dihydropyridines is 1. The molecule has 2 aromatic carbocycles. The van der Waals surface area contributed by atoms with Crippen LogP contribution in [0.3, 0.4) is 0 Å². The number of nitrogens with one attached hydrogen (secondary N) is 1. The van der Waals surface area contributed by atoms with E-state index in [-0.39, 0.29) is 17.3 Å². The van der Waals surface area contributed by atoms with Crippen molar-refractivity contribution >= 4 is 34.9 Å². The van der Waals surface area contributed by atoms with Gasteiger partial charge < -0.3 is 5.32 Å². The van der Waals surface area contributed by atoms with E-state index in [2.05, 4.69) is 18.3 Å². The Morgan fingerprint density at radius 2 is 1.90 bits per heavy atom. The van der Waals surface area contributed by atoms with Gasteiger partial charge in [0.2, 0.25) is 0 Å². The molecule has 0 bridgehead atoms. The number of benzene rings is 2. The number of rotatable bonds is 7. The molecule has 0 aliphatic carbocycles. The van der Waals surface area contributed by atoms with Crippen molar-refractivity contribution in [1.29, 1.82) is 5.26 Å². The van der Waals surface area contributed by atoms with E-state index in [0.29, 0.717) is 32.5 Å². The van der Waals surface area contributed by atoms with E-state index >= 15 is 0 Å². The number of Topliss-reactive ketones (excluding diaryl/α,β-unsaturated/α-hetero) is 2. The third kappa shape index (κ3) is 5.10. The van der Waals surface area contributed by atoms with Crippen molar-refractivity contribution in [1.82, 2.24) is 5.32 Å². The summed E-state index contributed by atoms with van der Waals surface area (Å²) in [6.45, 7) is 5.43. The first-order chi connectivity index (χ1) is 14.8. The predicted octanol–water partition coefficient (Wildman–Crippen LogP) is 5.80. The molecule has 1 heterocycles. The highest BCUT2D eigenvalue weighted by atomic mass is 35.5. The molecule has 31 heavy (non-hydrogen) atoms. The molecule has 1 aliphatic heterocycles. The zero-order chi connectivity index (χ0) is 22.5. The average molecular weight is 451 g/mol. The molecule has 0 fully saturated rings. The number of hydrogen-bond donors (Lipinski definition) is 1. The number of nitrogens with zero attached hydrogens (tertiary/aromatic N) is 1. The number of thioether (sulfide) groups is 1. The zero-order valence-corrected chi connectivity index (χ0v) is 19.2. The van der Waals surface area contributed by atoms with Gasteiger partial charge in [0.25, 0.3) is 0 Å². The van der Waals surface area contributed by atoms with Gasteiger partial charge >= 0.3 is 0 Å². The van der Waals surface area contributed by atoms with Crippen molar-refractivity contribution in [3.63, 3.8) is 0 Å². The van der Waals surface area contributed by atoms with E-state index in [1.165, 1.54) is 24.2 Å². The number of hydrogen-bond acceptors (Lipinski definition) is 5. The summed E-state index contributed by atoms with van der Waals surface area (Å²) in [4.78, 5) is 25.1. The van der Waals surface area contributed by atoms with Crippen LogP contribution in [0.2, 0.25) is 5.02 Å². The summed E-state index contributed by atoms with van der Waals surface area (Å²) >= 11 is 7.27. The lowest BCUT2D eigenvalue weighted by atomic mass is 9.81. The first-order valence-corrected chi connectivity index (χ1v) is 11.4. The van der Waals surface area contributed by atoms with Crippen LogP contribution in [0.4, 0.5) is 0 Å². The Bertz CT molecular complexity index is 1130. The van der Waals surface area contributed by atoms with E-state index < -0.39 is 5.92 Å². The van der Waals surface area contributed by atoms with E-state index in [1.807, 2.05) is 31.2 Å². The maximum absolute atomic E-state index is 12.6. The van der Waals surface area contributed by atoms with Crippen LogP contribution in [0.25, 0.3) is 0 Å². The van der Waals surface area contributed by atoms with Crippen LogP contribution in [0.5, 0.6) is 0 Å². The Kier molecular flexibility index (Phi) is 7.37. The van der Waals surface area contributed by atoms with Crippen molar-refractivity contribution in [3.05, 3.63) is 92.1 Å². The average Bonchev–Trinajstić information content (AvgIpc) is 2.76. The van der Waals surface area contributed by atoms with E-state index in [0.717, 1.165) is 12.0 Å². The number of nitriles is 1. The molecule has 1 N–H and O–H groups in total. The molecule has 0 spiro atoms. The molecule has 0 amide bonds.